The number of carbonyl (C=O) groups is 1. The van der Waals surface area contributed by atoms with Crippen molar-refractivity contribution in [1.29, 1.82) is 0 Å². The number of esters is 1. The largest absolute Gasteiger partial charge is 0.461 e. The van der Waals surface area contributed by atoms with Crippen molar-refractivity contribution in [2.24, 2.45) is 17.3 Å². The van der Waals surface area contributed by atoms with Crippen molar-refractivity contribution >= 4 is 5.97 Å². The van der Waals surface area contributed by atoms with Crippen molar-refractivity contribution in [3.05, 3.63) is 11.6 Å². The Kier molecular flexibility index (Phi) is 2.54. The predicted octanol–water partition coefficient (Wildman–Crippen LogP) is 2.31. The highest BCUT2D eigenvalue weighted by Gasteiger charge is 2.57. The fourth-order valence-corrected chi connectivity index (χ4v) is 3.91. The van der Waals surface area contributed by atoms with E-state index >= 15 is 0 Å². The Labute approximate surface area is 102 Å². The fraction of sp³-hybridized carbons (Fsp3) is 0.786. The highest BCUT2D eigenvalue weighted by Crippen LogP contribution is 2.53. The molecule has 0 radical (unpaired) electrons. The van der Waals surface area contributed by atoms with Crippen LogP contribution in [0, 0.1) is 17.3 Å². The van der Waals surface area contributed by atoms with Crippen molar-refractivity contribution in [1.82, 2.24) is 0 Å². The highest BCUT2D eigenvalue weighted by molar-refractivity contribution is 5.79. The number of cyclic esters (lactones) is 1. The molecule has 3 aliphatic rings. The standard InChI is InChI=1S/C14H20O3/c1-9-4-3-6-14(2)11(9)13(15)17-12(14)10-5-7-16-8-10/h4,10-12H,3,5-8H2,1-2H3. The van der Waals surface area contributed by atoms with Crippen LogP contribution in [0.15, 0.2) is 11.6 Å². The van der Waals surface area contributed by atoms with Crippen LogP contribution >= 0.6 is 0 Å². The number of allylic oxidation sites excluding steroid dienone is 1. The van der Waals surface area contributed by atoms with E-state index in [0.29, 0.717) is 5.92 Å². The van der Waals surface area contributed by atoms with E-state index in [2.05, 4.69) is 19.9 Å². The molecule has 0 saturated carbocycles. The van der Waals surface area contributed by atoms with Gasteiger partial charge in [0, 0.05) is 17.9 Å². The Balaban J connectivity index is 1.93. The SMILES string of the molecule is CC1=CCCC2(C)C1C(=O)OC2C1CCOC1. The van der Waals surface area contributed by atoms with E-state index < -0.39 is 0 Å². The van der Waals surface area contributed by atoms with Crippen molar-refractivity contribution in [2.75, 3.05) is 13.2 Å². The molecule has 1 aliphatic carbocycles. The van der Waals surface area contributed by atoms with Gasteiger partial charge in [0.2, 0.25) is 0 Å². The summed E-state index contributed by atoms with van der Waals surface area (Å²) in [6.07, 6.45) is 5.41. The maximum atomic E-state index is 12.1. The summed E-state index contributed by atoms with van der Waals surface area (Å²) in [5, 5.41) is 0. The minimum absolute atomic E-state index is 0.00567. The van der Waals surface area contributed by atoms with Crippen LogP contribution in [0.5, 0.6) is 0 Å². The average Bonchev–Trinajstić information content (AvgIpc) is 2.85. The minimum atomic E-state index is -0.0159. The second-order valence-corrected chi connectivity index (χ2v) is 5.91. The first kappa shape index (κ1) is 11.3. The molecular formula is C14H20O3. The first-order valence-corrected chi connectivity index (χ1v) is 6.58. The summed E-state index contributed by atoms with van der Waals surface area (Å²) in [6.45, 7) is 5.86. The summed E-state index contributed by atoms with van der Waals surface area (Å²) in [4.78, 5) is 12.1. The number of fused-ring (bicyclic) bond motifs is 1. The van der Waals surface area contributed by atoms with Crippen molar-refractivity contribution in [3.8, 4) is 0 Å². The van der Waals surface area contributed by atoms with E-state index in [0.717, 1.165) is 32.5 Å². The van der Waals surface area contributed by atoms with E-state index in [-0.39, 0.29) is 23.4 Å². The van der Waals surface area contributed by atoms with Gasteiger partial charge in [-0.05, 0) is 26.2 Å². The normalized spacial score (nSPS) is 45.4. The maximum Gasteiger partial charge on any atom is 0.314 e. The van der Waals surface area contributed by atoms with E-state index in [1.54, 1.807) is 0 Å². The van der Waals surface area contributed by atoms with Gasteiger partial charge in [0.15, 0.2) is 0 Å². The molecule has 94 valence electrons. The molecule has 4 atom stereocenters. The summed E-state index contributed by atoms with van der Waals surface area (Å²) < 4.78 is 11.2. The summed E-state index contributed by atoms with van der Waals surface area (Å²) in [5.41, 5.74) is 1.19. The molecule has 2 fully saturated rings. The van der Waals surface area contributed by atoms with Crippen LogP contribution in [0.3, 0.4) is 0 Å². The van der Waals surface area contributed by atoms with Gasteiger partial charge in [0.05, 0.1) is 12.5 Å². The topological polar surface area (TPSA) is 35.5 Å². The molecular weight excluding hydrogens is 216 g/mol. The number of rotatable bonds is 1. The second-order valence-electron chi connectivity index (χ2n) is 5.91. The van der Waals surface area contributed by atoms with Crippen molar-refractivity contribution in [3.63, 3.8) is 0 Å². The third-order valence-electron chi connectivity index (χ3n) is 4.79. The van der Waals surface area contributed by atoms with Gasteiger partial charge >= 0.3 is 5.97 Å². The van der Waals surface area contributed by atoms with Gasteiger partial charge in [-0.1, -0.05) is 18.6 Å². The summed E-state index contributed by atoms with van der Waals surface area (Å²) in [7, 11) is 0. The lowest BCUT2D eigenvalue weighted by molar-refractivity contribution is -0.145. The summed E-state index contributed by atoms with van der Waals surface area (Å²) in [6, 6.07) is 0. The Morgan fingerprint density at radius 3 is 3.00 bits per heavy atom. The Morgan fingerprint density at radius 1 is 1.47 bits per heavy atom. The monoisotopic (exact) mass is 236 g/mol. The van der Waals surface area contributed by atoms with Gasteiger partial charge in [-0.15, -0.1) is 0 Å². The van der Waals surface area contributed by atoms with Crippen LogP contribution in [0.25, 0.3) is 0 Å². The molecule has 3 rings (SSSR count). The van der Waals surface area contributed by atoms with Crippen LogP contribution in [0.1, 0.15) is 33.1 Å². The zero-order valence-electron chi connectivity index (χ0n) is 10.6. The third kappa shape index (κ3) is 1.55. The van der Waals surface area contributed by atoms with Gasteiger partial charge < -0.3 is 9.47 Å². The molecule has 0 aromatic heterocycles. The second kappa shape index (κ2) is 3.84. The maximum absolute atomic E-state index is 12.1. The van der Waals surface area contributed by atoms with Crippen LogP contribution in [-0.4, -0.2) is 25.3 Å². The smallest absolute Gasteiger partial charge is 0.314 e. The summed E-state index contributed by atoms with van der Waals surface area (Å²) >= 11 is 0. The Bertz CT molecular complexity index is 368. The molecule has 17 heavy (non-hydrogen) atoms. The molecule has 0 amide bonds. The predicted molar refractivity (Wildman–Crippen MR) is 63.4 cm³/mol. The van der Waals surface area contributed by atoms with Gasteiger partial charge in [-0.2, -0.15) is 0 Å². The van der Waals surface area contributed by atoms with E-state index in [1.807, 2.05) is 0 Å². The van der Waals surface area contributed by atoms with Crippen LogP contribution in [-0.2, 0) is 14.3 Å². The molecule has 2 aliphatic heterocycles. The number of ether oxygens (including phenoxy) is 2. The Hall–Kier alpha value is -0.830. The quantitative estimate of drug-likeness (QED) is 0.517. The zero-order valence-corrected chi connectivity index (χ0v) is 10.6. The molecule has 0 N–H and O–H groups in total. The van der Waals surface area contributed by atoms with E-state index in [9.17, 15) is 4.79 Å². The van der Waals surface area contributed by atoms with Crippen molar-refractivity contribution < 1.29 is 14.3 Å². The molecule has 0 aromatic rings. The number of carbonyl (C=O) groups excluding carboxylic acids is 1. The zero-order chi connectivity index (χ0) is 12.0. The minimum Gasteiger partial charge on any atom is -0.461 e. The lowest BCUT2D eigenvalue weighted by atomic mass is 9.63. The van der Waals surface area contributed by atoms with Crippen LogP contribution in [0.2, 0.25) is 0 Å². The first-order valence-electron chi connectivity index (χ1n) is 6.58. The van der Waals surface area contributed by atoms with E-state index in [4.69, 9.17) is 9.47 Å². The highest BCUT2D eigenvalue weighted by atomic mass is 16.6. The molecule has 3 nitrogen and oxygen atoms in total. The third-order valence-corrected chi connectivity index (χ3v) is 4.79. The van der Waals surface area contributed by atoms with Gasteiger partial charge in [0.25, 0.3) is 0 Å². The van der Waals surface area contributed by atoms with Gasteiger partial charge in [-0.3, -0.25) is 4.79 Å². The summed E-state index contributed by atoms with van der Waals surface area (Å²) in [5.74, 6) is 0.375. The first-order chi connectivity index (χ1) is 8.13. The average molecular weight is 236 g/mol. The van der Waals surface area contributed by atoms with Gasteiger partial charge in [-0.25, -0.2) is 0 Å². The molecule has 3 heteroatoms. The van der Waals surface area contributed by atoms with Crippen molar-refractivity contribution in [2.45, 2.75) is 39.2 Å². The molecule has 0 aromatic carbocycles. The number of hydrogen-bond acceptors (Lipinski definition) is 3. The Morgan fingerprint density at radius 2 is 2.29 bits per heavy atom. The van der Waals surface area contributed by atoms with Crippen LogP contribution in [0.4, 0.5) is 0 Å². The molecule has 2 saturated heterocycles. The number of hydrogen-bond donors (Lipinski definition) is 0. The molecule has 2 heterocycles. The molecule has 0 spiro atoms. The van der Waals surface area contributed by atoms with Gasteiger partial charge in [0.1, 0.15) is 6.10 Å². The molecule has 4 unspecified atom stereocenters. The van der Waals surface area contributed by atoms with Crippen LogP contribution < -0.4 is 0 Å². The lowest BCUT2D eigenvalue weighted by Crippen LogP contribution is -2.40. The molecule has 0 bridgehead atoms. The van der Waals surface area contributed by atoms with E-state index in [1.165, 1.54) is 5.57 Å². The lowest BCUT2D eigenvalue weighted by Gasteiger charge is -2.38. The fourth-order valence-electron chi connectivity index (χ4n) is 3.91.